The van der Waals surface area contributed by atoms with Gasteiger partial charge in [0.2, 0.25) is 0 Å². The Labute approximate surface area is 119 Å². The topological polar surface area (TPSA) is 12.0 Å². The van der Waals surface area contributed by atoms with Gasteiger partial charge in [-0.05, 0) is 61.8 Å². The highest BCUT2D eigenvalue weighted by Crippen LogP contribution is 2.39. The number of rotatable bonds is 3. The third-order valence-electron chi connectivity index (χ3n) is 4.21. The van der Waals surface area contributed by atoms with Crippen molar-refractivity contribution in [2.75, 3.05) is 7.05 Å². The van der Waals surface area contributed by atoms with Crippen LogP contribution in [-0.4, -0.2) is 7.05 Å². The number of benzene rings is 1. The van der Waals surface area contributed by atoms with Crippen LogP contribution in [0.5, 0.6) is 0 Å². The standard InChI is InChI=1S/C16H24BrN/c1-11-7-12(2)9-14(8-11)16(18-3)13-5-4-6-15(17)10-13/h4-6,10-12,14,16,18H,7-9H2,1-3H3. The second kappa shape index (κ2) is 6.21. The van der Waals surface area contributed by atoms with Crippen molar-refractivity contribution in [1.82, 2.24) is 5.32 Å². The van der Waals surface area contributed by atoms with E-state index in [1.165, 1.54) is 29.3 Å². The average molecular weight is 310 g/mol. The minimum Gasteiger partial charge on any atom is -0.313 e. The van der Waals surface area contributed by atoms with Gasteiger partial charge in [-0.2, -0.15) is 0 Å². The quantitative estimate of drug-likeness (QED) is 0.847. The highest BCUT2D eigenvalue weighted by Gasteiger charge is 2.30. The van der Waals surface area contributed by atoms with E-state index in [-0.39, 0.29) is 0 Å². The maximum Gasteiger partial charge on any atom is 0.0346 e. The van der Waals surface area contributed by atoms with Crippen LogP contribution in [-0.2, 0) is 0 Å². The van der Waals surface area contributed by atoms with Gasteiger partial charge in [0, 0.05) is 10.5 Å². The Hall–Kier alpha value is -0.340. The van der Waals surface area contributed by atoms with Gasteiger partial charge in [0.1, 0.15) is 0 Å². The van der Waals surface area contributed by atoms with Gasteiger partial charge >= 0.3 is 0 Å². The predicted octanol–water partition coefficient (Wildman–Crippen LogP) is 4.78. The summed E-state index contributed by atoms with van der Waals surface area (Å²) in [6.45, 7) is 4.80. The smallest absolute Gasteiger partial charge is 0.0346 e. The fourth-order valence-electron chi connectivity index (χ4n) is 3.66. The van der Waals surface area contributed by atoms with E-state index in [9.17, 15) is 0 Å². The van der Waals surface area contributed by atoms with E-state index in [0.717, 1.165) is 17.8 Å². The highest BCUT2D eigenvalue weighted by atomic mass is 79.9. The van der Waals surface area contributed by atoms with Gasteiger partial charge in [0.05, 0.1) is 0 Å². The van der Waals surface area contributed by atoms with Crippen LogP contribution >= 0.6 is 15.9 Å². The first-order valence-electron chi connectivity index (χ1n) is 7.03. The maximum atomic E-state index is 3.58. The van der Waals surface area contributed by atoms with E-state index >= 15 is 0 Å². The Morgan fingerprint density at radius 3 is 2.39 bits per heavy atom. The summed E-state index contributed by atoms with van der Waals surface area (Å²) < 4.78 is 1.18. The Morgan fingerprint density at radius 2 is 1.83 bits per heavy atom. The van der Waals surface area contributed by atoms with E-state index in [1.807, 2.05) is 0 Å². The van der Waals surface area contributed by atoms with Crippen LogP contribution in [0.2, 0.25) is 0 Å². The molecule has 1 aromatic carbocycles. The summed E-state index contributed by atoms with van der Waals surface area (Å²) in [5, 5.41) is 3.54. The van der Waals surface area contributed by atoms with Crippen LogP contribution in [0.4, 0.5) is 0 Å². The lowest BCUT2D eigenvalue weighted by molar-refractivity contribution is 0.180. The molecular weight excluding hydrogens is 286 g/mol. The summed E-state index contributed by atoms with van der Waals surface area (Å²) >= 11 is 3.58. The van der Waals surface area contributed by atoms with Crippen molar-refractivity contribution in [1.29, 1.82) is 0 Å². The Balaban J connectivity index is 2.17. The van der Waals surface area contributed by atoms with Crippen molar-refractivity contribution in [2.45, 2.75) is 39.2 Å². The Morgan fingerprint density at radius 1 is 1.17 bits per heavy atom. The second-order valence-electron chi connectivity index (χ2n) is 6.00. The van der Waals surface area contributed by atoms with Gasteiger partial charge in [-0.15, -0.1) is 0 Å². The minimum atomic E-state index is 0.493. The molecule has 0 aliphatic heterocycles. The number of hydrogen-bond acceptors (Lipinski definition) is 1. The molecule has 2 rings (SSSR count). The number of hydrogen-bond donors (Lipinski definition) is 1. The van der Waals surface area contributed by atoms with E-state index in [0.29, 0.717) is 6.04 Å². The molecule has 1 nitrogen and oxygen atoms in total. The molecule has 18 heavy (non-hydrogen) atoms. The van der Waals surface area contributed by atoms with Crippen LogP contribution in [0.15, 0.2) is 28.7 Å². The molecular formula is C16H24BrN. The molecule has 0 radical (unpaired) electrons. The summed E-state index contributed by atoms with van der Waals surface area (Å²) in [4.78, 5) is 0. The van der Waals surface area contributed by atoms with E-state index < -0.39 is 0 Å². The fourth-order valence-corrected chi connectivity index (χ4v) is 4.07. The van der Waals surface area contributed by atoms with E-state index in [1.54, 1.807) is 0 Å². The predicted molar refractivity (Wildman–Crippen MR) is 81.6 cm³/mol. The van der Waals surface area contributed by atoms with Gasteiger partial charge in [0.25, 0.3) is 0 Å². The van der Waals surface area contributed by atoms with Crippen LogP contribution < -0.4 is 5.32 Å². The highest BCUT2D eigenvalue weighted by molar-refractivity contribution is 9.10. The number of halogens is 1. The van der Waals surface area contributed by atoms with Crippen LogP contribution in [0.3, 0.4) is 0 Å². The van der Waals surface area contributed by atoms with Crippen LogP contribution in [0.25, 0.3) is 0 Å². The third-order valence-corrected chi connectivity index (χ3v) is 4.70. The Bertz CT molecular complexity index is 380. The minimum absolute atomic E-state index is 0.493. The molecule has 1 fully saturated rings. The van der Waals surface area contributed by atoms with Gasteiger partial charge in [-0.3, -0.25) is 0 Å². The monoisotopic (exact) mass is 309 g/mol. The molecule has 3 atom stereocenters. The van der Waals surface area contributed by atoms with Crippen molar-refractivity contribution in [2.24, 2.45) is 17.8 Å². The zero-order valence-electron chi connectivity index (χ0n) is 11.6. The first-order valence-corrected chi connectivity index (χ1v) is 7.82. The molecule has 0 bridgehead atoms. The molecule has 100 valence electrons. The molecule has 1 aromatic rings. The fraction of sp³-hybridized carbons (Fsp3) is 0.625. The zero-order valence-corrected chi connectivity index (χ0v) is 13.2. The molecule has 2 heteroatoms. The normalized spacial score (nSPS) is 30.1. The summed E-state index contributed by atoms with van der Waals surface area (Å²) in [7, 11) is 2.09. The zero-order chi connectivity index (χ0) is 13.1. The molecule has 0 heterocycles. The van der Waals surface area contributed by atoms with Crippen molar-refractivity contribution in [3.05, 3.63) is 34.3 Å². The van der Waals surface area contributed by atoms with Crippen molar-refractivity contribution in [3.8, 4) is 0 Å². The van der Waals surface area contributed by atoms with Crippen molar-refractivity contribution >= 4 is 15.9 Å². The summed E-state index contributed by atoms with van der Waals surface area (Å²) in [6, 6.07) is 9.23. The summed E-state index contributed by atoms with van der Waals surface area (Å²) in [5.74, 6) is 2.49. The molecule has 3 unspecified atom stereocenters. The van der Waals surface area contributed by atoms with E-state index in [4.69, 9.17) is 0 Å². The van der Waals surface area contributed by atoms with Crippen molar-refractivity contribution < 1.29 is 0 Å². The molecule has 0 spiro atoms. The van der Waals surface area contributed by atoms with Gasteiger partial charge in [-0.25, -0.2) is 0 Å². The first-order chi connectivity index (χ1) is 8.60. The van der Waals surface area contributed by atoms with Crippen molar-refractivity contribution in [3.63, 3.8) is 0 Å². The molecule has 1 aliphatic carbocycles. The SMILES string of the molecule is CNC(c1cccc(Br)c1)C1CC(C)CC(C)C1. The molecule has 1 aliphatic rings. The largest absolute Gasteiger partial charge is 0.313 e. The molecule has 0 saturated heterocycles. The van der Waals surface area contributed by atoms with E-state index in [2.05, 4.69) is 66.4 Å². The first kappa shape index (κ1) is 14.1. The third kappa shape index (κ3) is 3.36. The summed E-state index contributed by atoms with van der Waals surface area (Å²) in [5.41, 5.74) is 1.41. The number of nitrogens with one attached hydrogen (secondary N) is 1. The molecule has 0 amide bonds. The van der Waals surface area contributed by atoms with Crippen LogP contribution in [0, 0.1) is 17.8 Å². The lowest BCUT2D eigenvalue weighted by atomic mass is 9.72. The molecule has 1 N–H and O–H groups in total. The molecule has 1 saturated carbocycles. The van der Waals surface area contributed by atoms with Gasteiger partial charge < -0.3 is 5.32 Å². The van der Waals surface area contributed by atoms with Gasteiger partial charge in [0.15, 0.2) is 0 Å². The maximum absolute atomic E-state index is 3.58. The lowest BCUT2D eigenvalue weighted by Crippen LogP contribution is -2.31. The van der Waals surface area contributed by atoms with Gasteiger partial charge in [-0.1, -0.05) is 41.9 Å². The average Bonchev–Trinajstić information content (AvgIpc) is 2.28. The van der Waals surface area contributed by atoms with Crippen LogP contribution in [0.1, 0.15) is 44.7 Å². The Kier molecular flexibility index (Phi) is 4.85. The molecule has 0 aromatic heterocycles. The lowest BCUT2D eigenvalue weighted by Gasteiger charge is -2.36. The second-order valence-corrected chi connectivity index (χ2v) is 6.91. The summed E-state index contributed by atoms with van der Waals surface area (Å²) in [6.07, 6.45) is 4.09.